The van der Waals surface area contributed by atoms with Crippen LogP contribution in [0.15, 0.2) is 29.8 Å². The molecule has 34 heavy (non-hydrogen) atoms. The number of carbonyl (C=O) groups excluding carboxylic acids is 1. The molecule has 0 radical (unpaired) electrons. The standard InChI is InChI=1S/C23H28F3N5O2S/c1-3-4-5-6-7-8-11-33-20-10-9-16(12-17(20)23(24,25)26)29-22-31-19(14-34-22)18-13-27-21(30-18)28-15(2)32/h9-10,12-14H,3-8,11H2,1-2H3,(H,29,31)(H2,27,28,30,32). The number of thiazole rings is 1. The van der Waals surface area contributed by atoms with E-state index < -0.39 is 11.7 Å². The van der Waals surface area contributed by atoms with Crippen LogP contribution in [0.2, 0.25) is 0 Å². The molecule has 0 fully saturated rings. The highest BCUT2D eigenvalue weighted by molar-refractivity contribution is 7.14. The molecule has 0 saturated carbocycles. The number of benzene rings is 1. The Balaban J connectivity index is 1.64. The molecule has 3 N–H and O–H groups in total. The molecule has 1 aromatic carbocycles. The van der Waals surface area contributed by atoms with Crippen LogP contribution in [0.5, 0.6) is 5.75 Å². The van der Waals surface area contributed by atoms with E-state index in [9.17, 15) is 18.0 Å². The highest BCUT2D eigenvalue weighted by Gasteiger charge is 2.34. The van der Waals surface area contributed by atoms with Crippen molar-refractivity contribution < 1.29 is 22.7 Å². The van der Waals surface area contributed by atoms with E-state index in [1.54, 1.807) is 5.38 Å². The van der Waals surface area contributed by atoms with Crippen molar-refractivity contribution in [3.8, 4) is 17.1 Å². The lowest BCUT2D eigenvalue weighted by Crippen LogP contribution is -2.10. The number of ether oxygens (including phenoxy) is 1. The Morgan fingerprint density at radius 3 is 2.68 bits per heavy atom. The van der Waals surface area contributed by atoms with E-state index in [1.165, 1.54) is 43.0 Å². The lowest BCUT2D eigenvalue weighted by molar-refractivity contribution is -0.138. The number of anilines is 3. The Hall–Kier alpha value is -3.08. The fourth-order valence-electron chi connectivity index (χ4n) is 3.28. The molecule has 3 aromatic rings. The van der Waals surface area contributed by atoms with Crippen molar-refractivity contribution in [2.75, 3.05) is 17.2 Å². The lowest BCUT2D eigenvalue weighted by Gasteiger charge is -2.15. The molecule has 0 aliphatic heterocycles. The van der Waals surface area contributed by atoms with Crippen LogP contribution in [0.4, 0.5) is 29.9 Å². The molecule has 3 rings (SSSR count). The Morgan fingerprint density at radius 2 is 1.94 bits per heavy atom. The van der Waals surface area contributed by atoms with E-state index in [0.29, 0.717) is 16.5 Å². The second-order valence-corrected chi connectivity index (χ2v) is 8.67. The summed E-state index contributed by atoms with van der Waals surface area (Å²) in [4.78, 5) is 22.5. The minimum absolute atomic E-state index is 0.172. The number of hydrogen-bond acceptors (Lipinski definition) is 6. The number of aromatic nitrogens is 3. The fraction of sp³-hybridized carbons (Fsp3) is 0.435. The molecule has 2 aromatic heterocycles. The summed E-state index contributed by atoms with van der Waals surface area (Å²) in [6.07, 6.45) is 3.16. The van der Waals surface area contributed by atoms with Gasteiger partial charge in [-0.2, -0.15) is 13.2 Å². The maximum absolute atomic E-state index is 13.6. The predicted molar refractivity (Wildman–Crippen MR) is 128 cm³/mol. The van der Waals surface area contributed by atoms with E-state index >= 15 is 0 Å². The molecule has 2 heterocycles. The van der Waals surface area contributed by atoms with Crippen LogP contribution in [0.25, 0.3) is 11.4 Å². The fourth-order valence-corrected chi connectivity index (χ4v) is 4.01. The number of aromatic amines is 1. The number of H-pyrrole nitrogens is 1. The largest absolute Gasteiger partial charge is 0.493 e. The van der Waals surface area contributed by atoms with Gasteiger partial charge in [-0.1, -0.05) is 39.0 Å². The van der Waals surface area contributed by atoms with Gasteiger partial charge in [0.05, 0.1) is 24.1 Å². The van der Waals surface area contributed by atoms with E-state index in [1.807, 2.05) is 0 Å². The van der Waals surface area contributed by atoms with Crippen molar-refractivity contribution in [3.05, 3.63) is 35.3 Å². The van der Waals surface area contributed by atoms with Gasteiger partial charge in [-0.15, -0.1) is 11.3 Å². The molecule has 1 amide bonds. The summed E-state index contributed by atoms with van der Waals surface area (Å²) in [6, 6.07) is 3.91. The van der Waals surface area contributed by atoms with E-state index in [4.69, 9.17) is 4.74 Å². The molecular formula is C23H28F3N5O2S. The van der Waals surface area contributed by atoms with Crippen molar-refractivity contribution in [2.24, 2.45) is 0 Å². The van der Waals surface area contributed by atoms with Gasteiger partial charge in [0, 0.05) is 18.0 Å². The molecule has 0 bridgehead atoms. The average Bonchev–Trinajstić information content (AvgIpc) is 3.42. The molecule has 0 saturated heterocycles. The Labute approximate surface area is 200 Å². The first-order chi connectivity index (χ1) is 16.3. The first-order valence-corrected chi connectivity index (χ1v) is 12.0. The zero-order chi connectivity index (χ0) is 24.6. The number of amides is 1. The molecule has 0 aliphatic rings. The molecule has 0 aliphatic carbocycles. The normalized spacial score (nSPS) is 11.4. The predicted octanol–water partition coefficient (Wildman–Crippen LogP) is 6.99. The quantitative estimate of drug-likeness (QED) is 0.236. The van der Waals surface area contributed by atoms with Gasteiger partial charge in [0.1, 0.15) is 11.4 Å². The molecule has 0 unspecified atom stereocenters. The number of unbranched alkanes of at least 4 members (excludes halogenated alkanes) is 5. The number of nitrogens with one attached hydrogen (secondary N) is 3. The Morgan fingerprint density at radius 1 is 1.18 bits per heavy atom. The summed E-state index contributed by atoms with van der Waals surface area (Å²) in [5.41, 5.74) is 0.548. The molecular weight excluding hydrogens is 467 g/mol. The summed E-state index contributed by atoms with van der Waals surface area (Å²) in [7, 11) is 0. The van der Waals surface area contributed by atoms with Gasteiger partial charge in [0.15, 0.2) is 5.13 Å². The third-order valence-corrected chi connectivity index (χ3v) is 5.70. The third-order valence-electron chi connectivity index (χ3n) is 4.94. The summed E-state index contributed by atoms with van der Waals surface area (Å²) in [5.74, 6) is -0.146. The summed E-state index contributed by atoms with van der Waals surface area (Å²) < 4.78 is 46.4. The number of rotatable bonds is 12. The van der Waals surface area contributed by atoms with Crippen molar-refractivity contribution in [1.29, 1.82) is 0 Å². The van der Waals surface area contributed by atoms with Gasteiger partial charge in [0.25, 0.3) is 0 Å². The van der Waals surface area contributed by atoms with Crippen LogP contribution < -0.4 is 15.4 Å². The van der Waals surface area contributed by atoms with Crippen LogP contribution >= 0.6 is 11.3 Å². The molecule has 7 nitrogen and oxygen atoms in total. The van der Waals surface area contributed by atoms with Crippen LogP contribution in [-0.4, -0.2) is 27.5 Å². The van der Waals surface area contributed by atoms with Crippen molar-refractivity contribution in [1.82, 2.24) is 15.0 Å². The van der Waals surface area contributed by atoms with Crippen LogP contribution in [0, 0.1) is 0 Å². The number of hydrogen-bond donors (Lipinski definition) is 3. The lowest BCUT2D eigenvalue weighted by atomic mass is 10.1. The van der Waals surface area contributed by atoms with Crippen molar-refractivity contribution in [2.45, 2.75) is 58.5 Å². The van der Waals surface area contributed by atoms with Gasteiger partial charge in [-0.3, -0.25) is 10.1 Å². The van der Waals surface area contributed by atoms with Gasteiger partial charge >= 0.3 is 6.18 Å². The summed E-state index contributed by atoms with van der Waals surface area (Å²) >= 11 is 1.23. The maximum Gasteiger partial charge on any atom is 0.420 e. The number of nitrogens with zero attached hydrogens (tertiary/aromatic N) is 2. The van der Waals surface area contributed by atoms with Gasteiger partial charge in [0.2, 0.25) is 11.9 Å². The van der Waals surface area contributed by atoms with Gasteiger partial charge in [-0.25, -0.2) is 9.97 Å². The highest BCUT2D eigenvalue weighted by atomic mass is 32.1. The van der Waals surface area contributed by atoms with Gasteiger partial charge < -0.3 is 15.0 Å². The highest BCUT2D eigenvalue weighted by Crippen LogP contribution is 2.39. The summed E-state index contributed by atoms with van der Waals surface area (Å²) in [5, 5.41) is 7.60. The van der Waals surface area contributed by atoms with Crippen molar-refractivity contribution in [3.63, 3.8) is 0 Å². The maximum atomic E-state index is 13.6. The van der Waals surface area contributed by atoms with E-state index in [0.717, 1.165) is 38.2 Å². The van der Waals surface area contributed by atoms with Crippen LogP contribution in [0.1, 0.15) is 57.9 Å². The minimum Gasteiger partial charge on any atom is -0.493 e. The third kappa shape index (κ3) is 7.47. The number of alkyl halides is 3. The van der Waals surface area contributed by atoms with Crippen molar-refractivity contribution >= 4 is 34.0 Å². The molecule has 11 heteroatoms. The zero-order valence-corrected chi connectivity index (χ0v) is 19.9. The van der Waals surface area contributed by atoms with E-state index in [-0.39, 0.29) is 29.9 Å². The van der Waals surface area contributed by atoms with E-state index in [2.05, 4.69) is 32.5 Å². The number of halogens is 3. The topological polar surface area (TPSA) is 91.9 Å². The first kappa shape index (κ1) is 25.5. The SMILES string of the molecule is CCCCCCCCOc1ccc(Nc2nc(-c3cnc(NC(C)=O)[nH]3)cs2)cc1C(F)(F)F. The second-order valence-electron chi connectivity index (χ2n) is 7.81. The van der Waals surface area contributed by atoms with Gasteiger partial charge in [-0.05, 0) is 24.6 Å². The average molecular weight is 496 g/mol. The Bertz CT molecular complexity index is 1080. The molecule has 0 spiro atoms. The van der Waals surface area contributed by atoms with Crippen LogP contribution in [0.3, 0.4) is 0 Å². The van der Waals surface area contributed by atoms with Crippen LogP contribution in [-0.2, 0) is 11.0 Å². The summed E-state index contributed by atoms with van der Waals surface area (Å²) in [6.45, 7) is 3.76. The number of imidazole rings is 1. The Kier molecular flexibility index (Phi) is 8.91. The molecule has 0 atom stereocenters. The minimum atomic E-state index is -4.54. The number of carbonyl (C=O) groups is 1. The smallest absolute Gasteiger partial charge is 0.420 e. The zero-order valence-electron chi connectivity index (χ0n) is 19.1. The second kappa shape index (κ2) is 11.9. The molecule has 184 valence electrons. The monoisotopic (exact) mass is 495 g/mol. The first-order valence-electron chi connectivity index (χ1n) is 11.2.